The molecule has 0 heterocycles. The molecular weight excluding hydrogens is 800 g/mol. The van der Waals surface area contributed by atoms with E-state index in [1.54, 1.807) is 26.4 Å². The number of aryl methyl sites for hydroxylation is 4. The molecule has 2 aromatic carbocycles. The molecule has 0 saturated heterocycles. The van der Waals surface area contributed by atoms with Gasteiger partial charge in [0.1, 0.15) is 28.8 Å². The second-order valence-corrected chi connectivity index (χ2v) is 15.9. The van der Waals surface area contributed by atoms with E-state index in [9.17, 15) is 24.3 Å². The fourth-order valence-electron chi connectivity index (χ4n) is 5.18. The van der Waals surface area contributed by atoms with Crippen LogP contribution in [0.15, 0.2) is 36.4 Å². The molecule has 0 spiro atoms. The van der Waals surface area contributed by atoms with Crippen molar-refractivity contribution in [2.75, 3.05) is 54.1 Å². The summed E-state index contributed by atoms with van der Waals surface area (Å²) in [5.41, 5.74) is 2.88. The van der Waals surface area contributed by atoms with Gasteiger partial charge in [-0.1, -0.05) is 48.7 Å². The molecule has 0 aliphatic heterocycles. The Bertz CT molecular complexity index is 1510. The SMILES string of the molecule is CC(C)(C)OC(=O)NCCCCCc1cc(CCC(=O)O)ccc1O.COCCl.COCOC(=O)CCc1ccc(OCOC)c(CCCCCNC(=O)OC(C)(C)C)c1. The van der Waals surface area contributed by atoms with Crippen molar-refractivity contribution < 1.29 is 62.5 Å². The number of carbonyl (C=O) groups excluding carboxylic acids is 3. The van der Waals surface area contributed by atoms with Gasteiger partial charge in [-0.05, 0) is 127 Å². The number of hydrogen-bond donors (Lipinski definition) is 4. The molecule has 0 atom stereocenters. The molecule has 0 fully saturated rings. The van der Waals surface area contributed by atoms with Gasteiger partial charge in [-0.25, -0.2) is 9.59 Å². The normalized spacial score (nSPS) is 10.9. The zero-order valence-corrected chi connectivity index (χ0v) is 38.0. The number of aliphatic carboxylic acids is 1. The molecule has 2 aromatic rings. The minimum absolute atomic E-state index is 0.0311. The van der Waals surface area contributed by atoms with Crippen LogP contribution < -0.4 is 15.4 Å². The second-order valence-electron chi connectivity index (χ2n) is 15.6. The highest BCUT2D eigenvalue weighted by molar-refractivity contribution is 6.17. The zero-order chi connectivity index (χ0) is 45.4. The number of amides is 2. The number of ether oxygens (including phenoxy) is 7. The maximum Gasteiger partial charge on any atom is 0.407 e. The van der Waals surface area contributed by atoms with E-state index in [4.69, 9.17) is 45.1 Å². The van der Waals surface area contributed by atoms with Crippen LogP contribution in [0.4, 0.5) is 9.59 Å². The third-order valence-electron chi connectivity index (χ3n) is 7.88. The molecule has 15 nitrogen and oxygen atoms in total. The molecule has 0 aliphatic rings. The van der Waals surface area contributed by atoms with Crippen LogP contribution >= 0.6 is 11.6 Å². The molecule has 0 aromatic heterocycles. The van der Waals surface area contributed by atoms with Crippen molar-refractivity contribution >= 4 is 35.7 Å². The van der Waals surface area contributed by atoms with Crippen molar-refractivity contribution in [3.05, 3.63) is 58.7 Å². The Morgan fingerprint density at radius 2 is 1.12 bits per heavy atom. The lowest BCUT2D eigenvalue weighted by Crippen LogP contribution is -2.33. The molecule has 16 heteroatoms. The van der Waals surface area contributed by atoms with Crippen molar-refractivity contribution in [3.8, 4) is 11.5 Å². The van der Waals surface area contributed by atoms with E-state index in [1.807, 2.05) is 59.7 Å². The minimum Gasteiger partial charge on any atom is -0.508 e. The van der Waals surface area contributed by atoms with Crippen molar-refractivity contribution in [2.24, 2.45) is 0 Å². The number of methoxy groups -OCH3 is 3. The fourth-order valence-corrected chi connectivity index (χ4v) is 5.18. The Morgan fingerprint density at radius 1 is 0.633 bits per heavy atom. The molecule has 0 bridgehead atoms. The second kappa shape index (κ2) is 32.5. The van der Waals surface area contributed by atoms with E-state index in [0.717, 1.165) is 79.4 Å². The van der Waals surface area contributed by atoms with Crippen LogP contribution in [0.3, 0.4) is 0 Å². The van der Waals surface area contributed by atoms with Gasteiger partial charge in [-0.15, -0.1) is 0 Å². The van der Waals surface area contributed by atoms with Gasteiger partial charge in [0, 0.05) is 47.3 Å². The number of alkyl carbamates (subject to hydrolysis) is 2. The van der Waals surface area contributed by atoms with E-state index in [2.05, 4.69) is 21.4 Å². The Balaban J connectivity index is 0.00000108. The number of aromatic hydroxyl groups is 1. The molecule has 0 saturated carbocycles. The van der Waals surface area contributed by atoms with Crippen LogP contribution in [0, 0.1) is 0 Å². The lowest BCUT2D eigenvalue weighted by molar-refractivity contribution is -0.154. The number of esters is 1. The molecule has 2 rings (SSSR count). The van der Waals surface area contributed by atoms with Crippen LogP contribution in [0.25, 0.3) is 0 Å². The Labute approximate surface area is 362 Å². The number of nitrogens with one attached hydrogen (secondary N) is 2. The summed E-state index contributed by atoms with van der Waals surface area (Å²) in [5.74, 6) is -0.0990. The fraction of sp³-hybridized carbons (Fsp3) is 0.636. The average molecular weight is 872 g/mol. The summed E-state index contributed by atoms with van der Waals surface area (Å²) in [6.45, 7) is 12.3. The topological polar surface area (TPSA) is 197 Å². The summed E-state index contributed by atoms with van der Waals surface area (Å²) in [7, 11) is 4.61. The molecule has 0 radical (unpaired) electrons. The molecular formula is C44H71ClN2O13. The van der Waals surface area contributed by atoms with Crippen molar-refractivity contribution in [1.29, 1.82) is 0 Å². The number of phenolic OH excluding ortho intramolecular Hbond substituents is 1. The summed E-state index contributed by atoms with van der Waals surface area (Å²) < 4.78 is 35.0. The first-order valence-electron chi connectivity index (χ1n) is 20.2. The quantitative estimate of drug-likeness (QED) is 0.0258. The summed E-state index contributed by atoms with van der Waals surface area (Å²) in [6.07, 6.45) is 7.55. The summed E-state index contributed by atoms with van der Waals surface area (Å²) in [6, 6.07) is 11.5. The van der Waals surface area contributed by atoms with Crippen molar-refractivity contribution in [2.45, 2.75) is 130 Å². The molecule has 2 amide bonds. The number of alkyl halides is 1. The van der Waals surface area contributed by atoms with E-state index in [-0.39, 0.29) is 44.2 Å². The lowest BCUT2D eigenvalue weighted by Gasteiger charge is -2.19. The number of rotatable bonds is 24. The summed E-state index contributed by atoms with van der Waals surface area (Å²) in [4.78, 5) is 45.5. The predicted octanol–water partition coefficient (Wildman–Crippen LogP) is 8.46. The van der Waals surface area contributed by atoms with Gasteiger partial charge in [-0.2, -0.15) is 0 Å². The Kier molecular flexibility index (Phi) is 30.1. The number of carbonyl (C=O) groups is 4. The Hall–Kier alpha value is -4.31. The van der Waals surface area contributed by atoms with E-state index < -0.39 is 23.3 Å². The maximum absolute atomic E-state index is 11.7. The number of hydrogen-bond acceptors (Lipinski definition) is 12. The van der Waals surface area contributed by atoms with Gasteiger partial charge < -0.3 is 54.0 Å². The lowest BCUT2D eigenvalue weighted by atomic mass is 10.0. The van der Waals surface area contributed by atoms with Gasteiger partial charge in [0.05, 0.1) is 0 Å². The van der Waals surface area contributed by atoms with Crippen LogP contribution in [-0.2, 0) is 63.7 Å². The van der Waals surface area contributed by atoms with Gasteiger partial charge >= 0.3 is 24.1 Å². The number of unbranched alkanes of at least 4 members (excludes halogenated alkanes) is 4. The summed E-state index contributed by atoms with van der Waals surface area (Å²) in [5, 5.41) is 24.1. The Morgan fingerprint density at radius 3 is 1.60 bits per heavy atom. The highest BCUT2D eigenvalue weighted by atomic mass is 35.5. The number of carboxylic acid groups (broad SMARTS) is 1. The van der Waals surface area contributed by atoms with E-state index >= 15 is 0 Å². The maximum atomic E-state index is 11.7. The monoisotopic (exact) mass is 870 g/mol. The zero-order valence-electron chi connectivity index (χ0n) is 37.2. The predicted molar refractivity (Wildman–Crippen MR) is 231 cm³/mol. The standard InChI is InChI=1S/C23H37NO7.C19H29NO5.C2H5ClO/c1-23(2,3)31-22(26)24-14-8-6-7-9-19-15-18(10-12-20(19)29-16-27-4)11-13-21(25)30-17-28-5;1-19(2,3)25-18(24)20-12-6-4-5-7-15-13-14(8-10-16(15)21)9-11-17(22)23;1-4-2-3/h10,12,15H,6-9,11,13-14,16-17H2,1-5H3,(H,24,26);8,10,13,21H,4-7,9,11-12H2,1-3H3,(H,20,24)(H,22,23);2H2,1H3. The van der Waals surface area contributed by atoms with E-state index in [1.165, 1.54) is 7.11 Å². The number of halogens is 1. The van der Waals surface area contributed by atoms with Crippen LogP contribution in [0.2, 0.25) is 0 Å². The summed E-state index contributed by atoms with van der Waals surface area (Å²) >= 11 is 4.96. The molecule has 4 N–H and O–H groups in total. The van der Waals surface area contributed by atoms with E-state index in [0.29, 0.717) is 32.0 Å². The number of phenols is 1. The number of carboxylic acids is 1. The van der Waals surface area contributed by atoms with Gasteiger partial charge in [0.2, 0.25) is 0 Å². The largest absolute Gasteiger partial charge is 0.508 e. The molecule has 0 aliphatic carbocycles. The van der Waals surface area contributed by atoms with Crippen molar-refractivity contribution in [3.63, 3.8) is 0 Å². The van der Waals surface area contributed by atoms with Gasteiger partial charge in [0.15, 0.2) is 13.6 Å². The third kappa shape index (κ3) is 31.6. The first kappa shape index (κ1) is 55.7. The highest BCUT2D eigenvalue weighted by Gasteiger charge is 2.16. The first-order chi connectivity index (χ1) is 28.3. The van der Waals surface area contributed by atoms with Crippen molar-refractivity contribution in [1.82, 2.24) is 10.6 Å². The molecule has 60 heavy (non-hydrogen) atoms. The molecule has 0 unspecified atom stereocenters. The number of benzene rings is 2. The smallest absolute Gasteiger partial charge is 0.407 e. The van der Waals surface area contributed by atoms with Crippen LogP contribution in [-0.4, -0.2) is 99.6 Å². The van der Waals surface area contributed by atoms with Crippen LogP contribution in [0.5, 0.6) is 11.5 Å². The van der Waals surface area contributed by atoms with Gasteiger partial charge in [0.25, 0.3) is 0 Å². The highest BCUT2D eigenvalue weighted by Crippen LogP contribution is 2.24. The average Bonchev–Trinajstić information content (AvgIpc) is 3.17. The molecule has 342 valence electrons. The van der Waals surface area contributed by atoms with Crippen LogP contribution in [0.1, 0.15) is 115 Å². The third-order valence-corrected chi connectivity index (χ3v) is 8.09. The first-order valence-corrected chi connectivity index (χ1v) is 20.8. The van der Waals surface area contributed by atoms with Gasteiger partial charge in [-0.3, -0.25) is 9.59 Å². The minimum atomic E-state index is -0.827.